The molecule has 1 heterocycles. The third-order valence-electron chi connectivity index (χ3n) is 5.48. The smallest absolute Gasteiger partial charge is 0.380 e. The molecule has 208 valence electrons. The number of allylic oxidation sites excluding steroid dienone is 1. The summed E-state index contributed by atoms with van der Waals surface area (Å²) in [5.74, 6) is -9.64. The van der Waals surface area contributed by atoms with Gasteiger partial charge in [0, 0.05) is 40.5 Å². The van der Waals surface area contributed by atoms with E-state index in [-0.39, 0.29) is 6.42 Å². The fourth-order valence-corrected chi connectivity index (χ4v) is 4.23. The first kappa shape index (κ1) is 31.5. The van der Waals surface area contributed by atoms with Crippen molar-refractivity contribution in [3.05, 3.63) is 12.7 Å². The van der Waals surface area contributed by atoms with Crippen LogP contribution in [0.1, 0.15) is 48.0 Å². The van der Waals surface area contributed by atoms with Crippen LogP contribution in [0.2, 0.25) is 0 Å². The molecular formula is C24H34O13. The monoisotopic (exact) mass is 530 g/mol. The van der Waals surface area contributed by atoms with Crippen molar-refractivity contribution in [3.8, 4) is 0 Å². The lowest BCUT2D eigenvalue weighted by atomic mass is 9.75. The minimum Gasteiger partial charge on any atom is -0.464 e. The van der Waals surface area contributed by atoms with Crippen molar-refractivity contribution in [1.29, 1.82) is 0 Å². The standard InChI is InChI=1S/C24H34O13/c1-9-10-18-20(34-15(5)27)12(2)21(37-24(18,23(30)31-8)36-17(7)29)22(35-16(6)28)19(33-14(4)26)11-32-13(3)25/h9,12,18-22H,1,10-11H2,2-8H3/t12-,18+,19-,20-,21-,22-,24?/m1/s1. The average molecular weight is 531 g/mol. The summed E-state index contributed by atoms with van der Waals surface area (Å²) < 4.78 is 37.6. The summed E-state index contributed by atoms with van der Waals surface area (Å²) in [7, 11) is 1.03. The first-order valence-electron chi connectivity index (χ1n) is 11.4. The van der Waals surface area contributed by atoms with E-state index in [9.17, 15) is 28.8 Å². The zero-order valence-corrected chi connectivity index (χ0v) is 22.0. The second-order valence-corrected chi connectivity index (χ2v) is 8.42. The predicted molar refractivity (Wildman–Crippen MR) is 122 cm³/mol. The van der Waals surface area contributed by atoms with Gasteiger partial charge in [0.2, 0.25) is 0 Å². The fourth-order valence-electron chi connectivity index (χ4n) is 4.23. The van der Waals surface area contributed by atoms with E-state index in [2.05, 4.69) is 6.58 Å². The predicted octanol–water partition coefficient (Wildman–Crippen LogP) is 1.00. The lowest BCUT2D eigenvalue weighted by Gasteiger charge is -2.51. The molecule has 13 heteroatoms. The molecular weight excluding hydrogens is 496 g/mol. The van der Waals surface area contributed by atoms with Crippen LogP contribution in [0.15, 0.2) is 12.7 Å². The van der Waals surface area contributed by atoms with Crippen LogP contribution < -0.4 is 0 Å². The lowest BCUT2D eigenvalue weighted by molar-refractivity contribution is -0.332. The highest BCUT2D eigenvalue weighted by Gasteiger charge is 2.64. The van der Waals surface area contributed by atoms with Gasteiger partial charge >= 0.3 is 41.6 Å². The summed E-state index contributed by atoms with van der Waals surface area (Å²) >= 11 is 0. The van der Waals surface area contributed by atoms with Crippen LogP contribution >= 0.6 is 0 Å². The second kappa shape index (κ2) is 13.7. The third-order valence-corrected chi connectivity index (χ3v) is 5.48. The van der Waals surface area contributed by atoms with Crippen molar-refractivity contribution < 1.29 is 61.9 Å². The molecule has 0 bridgehead atoms. The Morgan fingerprint density at radius 2 is 1.51 bits per heavy atom. The first-order chi connectivity index (χ1) is 17.2. The highest BCUT2D eigenvalue weighted by Crippen LogP contribution is 2.45. The zero-order chi connectivity index (χ0) is 28.5. The number of carbonyl (C=O) groups excluding carboxylic acids is 6. The molecule has 0 aromatic rings. The van der Waals surface area contributed by atoms with Crippen molar-refractivity contribution in [2.75, 3.05) is 13.7 Å². The highest BCUT2D eigenvalue weighted by molar-refractivity contribution is 5.82. The van der Waals surface area contributed by atoms with Gasteiger partial charge in [0.15, 0.2) is 12.2 Å². The number of carbonyl (C=O) groups is 6. The molecule has 0 aliphatic carbocycles. The number of esters is 6. The first-order valence-corrected chi connectivity index (χ1v) is 11.4. The van der Waals surface area contributed by atoms with Crippen molar-refractivity contribution in [2.24, 2.45) is 11.8 Å². The molecule has 0 spiro atoms. The van der Waals surface area contributed by atoms with E-state index in [4.69, 9.17) is 33.2 Å². The van der Waals surface area contributed by atoms with E-state index in [1.165, 1.54) is 6.08 Å². The molecule has 0 aromatic heterocycles. The minimum atomic E-state index is -2.48. The Morgan fingerprint density at radius 1 is 0.919 bits per heavy atom. The Bertz CT molecular complexity index is 897. The largest absolute Gasteiger partial charge is 0.464 e. The van der Waals surface area contributed by atoms with Crippen LogP contribution in [0.4, 0.5) is 0 Å². The number of methoxy groups -OCH3 is 1. The molecule has 1 aliphatic rings. The quantitative estimate of drug-likeness (QED) is 0.211. The van der Waals surface area contributed by atoms with E-state index < -0.39 is 84.5 Å². The Morgan fingerprint density at radius 3 is 1.95 bits per heavy atom. The van der Waals surface area contributed by atoms with Crippen molar-refractivity contribution in [3.63, 3.8) is 0 Å². The van der Waals surface area contributed by atoms with Gasteiger partial charge in [-0.15, -0.1) is 6.58 Å². The maximum atomic E-state index is 13.1. The molecule has 1 rings (SSSR count). The molecule has 13 nitrogen and oxygen atoms in total. The van der Waals surface area contributed by atoms with Gasteiger partial charge in [0.05, 0.1) is 13.0 Å². The summed E-state index contributed by atoms with van der Waals surface area (Å²) in [6.07, 6.45) is -4.14. The van der Waals surface area contributed by atoms with Gasteiger partial charge in [0.25, 0.3) is 0 Å². The highest BCUT2D eigenvalue weighted by atomic mass is 16.8. The number of hydrogen-bond donors (Lipinski definition) is 0. The molecule has 7 atom stereocenters. The minimum absolute atomic E-state index is 0.0313. The van der Waals surface area contributed by atoms with Crippen LogP contribution in [-0.2, 0) is 61.9 Å². The molecule has 1 aliphatic heterocycles. The second-order valence-electron chi connectivity index (χ2n) is 8.42. The topological polar surface area (TPSA) is 167 Å². The van der Waals surface area contributed by atoms with E-state index in [0.717, 1.165) is 41.7 Å². The van der Waals surface area contributed by atoms with Gasteiger partial charge in [-0.05, 0) is 6.42 Å². The summed E-state index contributed by atoms with van der Waals surface area (Å²) in [6, 6.07) is 0. The Hall–Kier alpha value is -3.48. The van der Waals surface area contributed by atoms with Crippen LogP contribution in [0.25, 0.3) is 0 Å². The maximum absolute atomic E-state index is 13.1. The molecule has 1 fully saturated rings. The van der Waals surface area contributed by atoms with E-state index in [1.807, 2.05) is 0 Å². The molecule has 0 saturated carbocycles. The van der Waals surface area contributed by atoms with Gasteiger partial charge in [-0.1, -0.05) is 13.0 Å². The Balaban J connectivity index is 3.84. The normalized spacial score (nSPS) is 26.5. The maximum Gasteiger partial charge on any atom is 0.380 e. The molecule has 0 amide bonds. The van der Waals surface area contributed by atoms with Crippen molar-refractivity contribution in [2.45, 2.75) is 78.2 Å². The summed E-state index contributed by atoms with van der Waals surface area (Å²) in [4.78, 5) is 72.8. The number of rotatable bonds is 11. The van der Waals surface area contributed by atoms with Crippen LogP contribution in [0.3, 0.4) is 0 Å². The molecule has 0 radical (unpaired) electrons. The molecule has 1 unspecified atom stereocenters. The van der Waals surface area contributed by atoms with Gasteiger partial charge in [-0.3, -0.25) is 24.0 Å². The molecule has 0 N–H and O–H groups in total. The van der Waals surface area contributed by atoms with Gasteiger partial charge in [0.1, 0.15) is 18.8 Å². The van der Waals surface area contributed by atoms with E-state index >= 15 is 0 Å². The summed E-state index contributed by atoms with van der Waals surface area (Å²) in [5.41, 5.74) is 0. The number of ether oxygens (including phenoxy) is 7. The SMILES string of the molecule is C=CC[C@H]1[C@H](OC(C)=O)[C@@H](C)[C@H]([C@H](OC(C)=O)[C@@H](COC(C)=O)OC(C)=O)OC1(OC(C)=O)C(=O)OC. The van der Waals surface area contributed by atoms with Gasteiger partial charge in [-0.2, -0.15) is 0 Å². The van der Waals surface area contributed by atoms with Gasteiger partial charge in [-0.25, -0.2) is 4.79 Å². The van der Waals surface area contributed by atoms with Crippen LogP contribution in [-0.4, -0.2) is 79.7 Å². The van der Waals surface area contributed by atoms with Crippen LogP contribution in [0.5, 0.6) is 0 Å². The molecule has 37 heavy (non-hydrogen) atoms. The molecule has 0 aromatic carbocycles. The van der Waals surface area contributed by atoms with Gasteiger partial charge < -0.3 is 33.2 Å². The Labute approximate surface area is 214 Å². The average Bonchev–Trinajstić information content (AvgIpc) is 2.77. The van der Waals surface area contributed by atoms with Crippen molar-refractivity contribution >= 4 is 35.8 Å². The third kappa shape index (κ3) is 8.27. The summed E-state index contributed by atoms with van der Waals surface area (Å²) in [6.45, 7) is 10.1. The van der Waals surface area contributed by atoms with E-state index in [1.54, 1.807) is 6.92 Å². The Kier molecular flexibility index (Phi) is 11.7. The fraction of sp³-hybridized carbons (Fsp3) is 0.667. The van der Waals surface area contributed by atoms with E-state index in [0.29, 0.717) is 0 Å². The lowest BCUT2D eigenvalue weighted by Crippen LogP contribution is -2.68. The van der Waals surface area contributed by atoms with Crippen molar-refractivity contribution in [1.82, 2.24) is 0 Å². The summed E-state index contributed by atoms with van der Waals surface area (Å²) in [5, 5.41) is 0. The van der Waals surface area contributed by atoms with Crippen LogP contribution in [0, 0.1) is 11.8 Å². The molecule has 1 saturated heterocycles. The zero-order valence-electron chi connectivity index (χ0n) is 22.0. The number of hydrogen-bond acceptors (Lipinski definition) is 13.